The second-order valence-electron chi connectivity index (χ2n) is 5.80. The molecule has 2 heterocycles. The summed E-state index contributed by atoms with van der Waals surface area (Å²) in [5.74, 6) is 0. The highest BCUT2D eigenvalue weighted by molar-refractivity contribution is 5.70. The fourth-order valence-electron chi connectivity index (χ4n) is 2.01. The van der Waals surface area contributed by atoms with Crippen LogP contribution in [-0.2, 0) is 6.54 Å². The molecule has 3 heteroatoms. The predicted molar refractivity (Wildman–Crippen MR) is 70.8 cm³/mol. The number of fused-ring (bicyclic) bond motifs is 1. The Morgan fingerprint density at radius 3 is 2.76 bits per heavy atom. The molecule has 0 fully saturated rings. The molecule has 2 aromatic rings. The summed E-state index contributed by atoms with van der Waals surface area (Å²) in [5.41, 5.74) is 2.44. The number of hydrogen-bond acceptors (Lipinski definition) is 2. The molecule has 0 aromatic carbocycles. The molecule has 3 nitrogen and oxygen atoms in total. The van der Waals surface area contributed by atoms with Crippen molar-refractivity contribution in [3.8, 4) is 0 Å². The third kappa shape index (κ3) is 3.29. The molecule has 0 aliphatic rings. The van der Waals surface area contributed by atoms with Gasteiger partial charge < -0.3 is 4.57 Å². The third-order valence-corrected chi connectivity index (χ3v) is 2.97. The lowest BCUT2D eigenvalue weighted by Gasteiger charge is -2.17. The fraction of sp³-hybridized carbons (Fsp3) is 0.571. The Hall–Kier alpha value is -1.38. The van der Waals surface area contributed by atoms with E-state index in [1.54, 1.807) is 6.20 Å². The SMILES string of the molecule is CC(C)(C)CCCCn1cnc2ncccc21. The first-order chi connectivity index (χ1) is 8.06. The van der Waals surface area contributed by atoms with Crippen molar-refractivity contribution in [3.63, 3.8) is 0 Å². The third-order valence-electron chi connectivity index (χ3n) is 2.97. The van der Waals surface area contributed by atoms with Crippen LogP contribution in [0.25, 0.3) is 11.2 Å². The molecule has 0 saturated heterocycles. The van der Waals surface area contributed by atoms with Crippen molar-refractivity contribution in [2.75, 3.05) is 0 Å². The van der Waals surface area contributed by atoms with Gasteiger partial charge in [-0.25, -0.2) is 9.97 Å². The van der Waals surface area contributed by atoms with Gasteiger partial charge in [-0.15, -0.1) is 0 Å². The minimum absolute atomic E-state index is 0.443. The molecular formula is C14H21N3. The Balaban J connectivity index is 1.91. The van der Waals surface area contributed by atoms with E-state index in [4.69, 9.17) is 0 Å². The van der Waals surface area contributed by atoms with E-state index in [0.29, 0.717) is 5.41 Å². The number of nitrogens with zero attached hydrogens (tertiary/aromatic N) is 3. The topological polar surface area (TPSA) is 30.7 Å². The maximum Gasteiger partial charge on any atom is 0.177 e. The Kier molecular flexibility index (Phi) is 3.46. The highest BCUT2D eigenvalue weighted by atomic mass is 15.1. The second-order valence-corrected chi connectivity index (χ2v) is 5.80. The summed E-state index contributed by atoms with van der Waals surface area (Å²) < 4.78 is 2.20. The molecular weight excluding hydrogens is 210 g/mol. The number of hydrogen-bond donors (Lipinski definition) is 0. The highest BCUT2D eigenvalue weighted by Gasteiger charge is 2.09. The largest absolute Gasteiger partial charge is 0.329 e. The fourth-order valence-corrected chi connectivity index (χ4v) is 2.01. The predicted octanol–water partition coefficient (Wildman–Crippen LogP) is 3.65. The molecule has 0 unspecified atom stereocenters. The van der Waals surface area contributed by atoms with E-state index >= 15 is 0 Å². The summed E-state index contributed by atoms with van der Waals surface area (Å²) >= 11 is 0. The molecule has 0 saturated carbocycles. The monoisotopic (exact) mass is 231 g/mol. The van der Waals surface area contributed by atoms with Crippen LogP contribution in [0.2, 0.25) is 0 Å². The van der Waals surface area contributed by atoms with Crippen molar-refractivity contribution < 1.29 is 0 Å². The number of aromatic nitrogens is 3. The lowest BCUT2D eigenvalue weighted by molar-refractivity contribution is 0.355. The van der Waals surface area contributed by atoms with E-state index in [-0.39, 0.29) is 0 Å². The Morgan fingerprint density at radius 2 is 2.00 bits per heavy atom. The maximum atomic E-state index is 4.30. The van der Waals surface area contributed by atoms with E-state index in [0.717, 1.165) is 17.7 Å². The number of imidazole rings is 1. The zero-order chi connectivity index (χ0) is 12.3. The summed E-state index contributed by atoms with van der Waals surface area (Å²) in [6, 6.07) is 4.05. The molecule has 92 valence electrons. The molecule has 0 aliphatic carbocycles. The van der Waals surface area contributed by atoms with Crippen LogP contribution in [0.1, 0.15) is 40.0 Å². The second kappa shape index (κ2) is 4.86. The average Bonchev–Trinajstić information content (AvgIpc) is 2.67. The van der Waals surface area contributed by atoms with Gasteiger partial charge in [0.05, 0.1) is 11.8 Å². The lowest BCUT2D eigenvalue weighted by atomic mass is 9.90. The number of unbranched alkanes of at least 4 members (excludes halogenated alkanes) is 1. The van der Waals surface area contributed by atoms with Gasteiger partial charge in [0.2, 0.25) is 0 Å². The summed E-state index contributed by atoms with van der Waals surface area (Å²) in [4.78, 5) is 8.54. The van der Waals surface area contributed by atoms with Gasteiger partial charge in [-0.3, -0.25) is 0 Å². The summed E-state index contributed by atoms with van der Waals surface area (Å²) in [7, 11) is 0. The van der Waals surface area contributed by atoms with Crippen LogP contribution in [0.15, 0.2) is 24.7 Å². The van der Waals surface area contributed by atoms with E-state index in [9.17, 15) is 0 Å². The summed E-state index contributed by atoms with van der Waals surface area (Å²) in [5, 5.41) is 0. The molecule has 2 aromatic heterocycles. The van der Waals surface area contributed by atoms with E-state index in [1.165, 1.54) is 19.3 Å². The molecule has 0 aliphatic heterocycles. The van der Waals surface area contributed by atoms with E-state index in [1.807, 2.05) is 12.4 Å². The highest BCUT2D eigenvalue weighted by Crippen LogP contribution is 2.22. The minimum atomic E-state index is 0.443. The smallest absolute Gasteiger partial charge is 0.177 e. The Bertz CT molecular complexity index is 479. The van der Waals surface area contributed by atoms with Crippen molar-refractivity contribution in [2.45, 2.75) is 46.6 Å². The van der Waals surface area contributed by atoms with Crippen LogP contribution >= 0.6 is 0 Å². The minimum Gasteiger partial charge on any atom is -0.329 e. The van der Waals surface area contributed by atoms with Crippen LogP contribution in [-0.4, -0.2) is 14.5 Å². The van der Waals surface area contributed by atoms with Gasteiger partial charge in [0.25, 0.3) is 0 Å². The van der Waals surface area contributed by atoms with Gasteiger partial charge in [-0.2, -0.15) is 0 Å². The standard InChI is InChI=1S/C14H21N3/c1-14(2,3)8-4-5-10-17-11-16-13-12(17)7-6-9-15-13/h6-7,9,11H,4-5,8,10H2,1-3H3. The van der Waals surface area contributed by atoms with E-state index < -0.39 is 0 Å². The first-order valence-electron chi connectivity index (χ1n) is 6.32. The molecule has 0 radical (unpaired) electrons. The Morgan fingerprint density at radius 1 is 1.18 bits per heavy atom. The van der Waals surface area contributed by atoms with E-state index in [2.05, 4.69) is 41.4 Å². The lowest BCUT2D eigenvalue weighted by Crippen LogP contribution is -2.05. The van der Waals surface area contributed by atoms with Gasteiger partial charge in [-0.05, 0) is 30.4 Å². The molecule has 17 heavy (non-hydrogen) atoms. The van der Waals surface area contributed by atoms with Crippen LogP contribution in [0.4, 0.5) is 0 Å². The zero-order valence-corrected chi connectivity index (χ0v) is 11.0. The normalized spacial score (nSPS) is 12.2. The van der Waals surface area contributed by atoms with Gasteiger partial charge >= 0.3 is 0 Å². The van der Waals surface area contributed by atoms with Gasteiger partial charge in [0.1, 0.15) is 0 Å². The van der Waals surface area contributed by atoms with Crippen molar-refractivity contribution in [3.05, 3.63) is 24.7 Å². The van der Waals surface area contributed by atoms with Crippen molar-refractivity contribution in [2.24, 2.45) is 5.41 Å². The van der Waals surface area contributed by atoms with Gasteiger partial charge in [-0.1, -0.05) is 27.2 Å². The van der Waals surface area contributed by atoms with Gasteiger partial charge in [0, 0.05) is 12.7 Å². The molecule has 0 N–H and O–H groups in total. The van der Waals surface area contributed by atoms with Crippen LogP contribution in [0.5, 0.6) is 0 Å². The molecule has 0 spiro atoms. The van der Waals surface area contributed by atoms with Gasteiger partial charge in [0.15, 0.2) is 5.65 Å². The molecule has 0 bridgehead atoms. The van der Waals surface area contributed by atoms with Crippen molar-refractivity contribution >= 4 is 11.2 Å². The quantitative estimate of drug-likeness (QED) is 0.752. The number of pyridine rings is 1. The first-order valence-corrected chi connectivity index (χ1v) is 6.32. The summed E-state index contributed by atoms with van der Waals surface area (Å²) in [6.07, 6.45) is 7.44. The molecule has 2 rings (SSSR count). The van der Waals surface area contributed by atoms with Crippen molar-refractivity contribution in [1.82, 2.24) is 14.5 Å². The number of aryl methyl sites for hydroxylation is 1. The van der Waals surface area contributed by atoms with Crippen LogP contribution in [0, 0.1) is 5.41 Å². The van der Waals surface area contributed by atoms with Crippen LogP contribution < -0.4 is 0 Å². The maximum absolute atomic E-state index is 4.30. The molecule has 0 amide bonds. The van der Waals surface area contributed by atoms with Crippen molar-refractivity contribution in [1.29, 1.82) is 0 Å². The van der Waals surface area contributed by atoms with Crippen LogP contribution in [0.3, 0.4) is 0 Å². The average molecular weight is 231 g/mol. The summed E-state index contributed by atoms with van der Waals surface area (Å²) in [6.45, 7) is 7.93. The zero-order valence-electron chi connectivity index (χ0n) is 11.0. The molecule has 0 atom stereocenters. The Labute approximate surface area is 103 Å². The first kappa shape index (κ1) is 12.1. The number of rotatable bonds is 4.